The average Bonchev–Trinajstić information content (AvgIpc) is 3.53. The number of hydrogen-bond acceptors (Lipinski definition) is 6. The van der Waals surface area contributed by atoms with Gasteiger partial charge in [-0.2, -0.15) is 0 Å². The van der Waals surface area contributed by atoms with Crippen LogP contribution in [0.15, 0.2) is 60.7 Å². The zero-order valence-corrected chi connectivity index (χ0v) is 17.2. The molecule has 1 aromatic heterocycles. The van der Waals surface area contributed by atoms with Crippen LogP contribution in [-0.4, -0.2) is 28.7 Å². The number of ether oxygens (including phenoxy) is 2. The normalized spacial score (nSPS) is 19.6. The second-order valence-electron chi connectivity index (χ2n) is 7.71. The van der Waals surface area contributed by atoms with Gasteiger partial charge in [-0.3, -0.25) is 14.8 Å². The Labute approximate surface area is 180 Å². The van der Waals surface area contributed by atoms with Gasteiger partial charge in [-0.1, -0.05) is 36.4 Å². The summed E-state index contributed by atoms with van der Waals surface area (Å²) in [6.45, 7) is 2.31. The number of aromatic nitrogens is 1. The van der Waals surface area contributed by atoms with Crippen molar-refractivity contribution in [1.29, 1.82) is 0 Å². The highest BCUT2D eigenvalue weighted by molar-refractivity contribution is 5.93. The van der Waals surface area contributed by atoms with Crippen molar-refractivity contribution in [1.82, 2.24) is 10.5 Å². The van der Waals surface area contributed by atoms with Crippen molar-refractivity contribution in [3.63, 3.8) is 0 Å². The molecule has 0 saturated heterocycles. The summed E-state index contributed by atoms with van der Waals surface area (Å²) in [7, 11) is 0. The molecule has 1 heterocycles. The largest absolute Gasteiger partial charge is 0.487 e. The van der Waals surface area contributed by atoms with Gasteiger partial charge in [0.25, 0.3) is 0 Å². The highest BCUT2D eigenvalue weighted by Gasteiger charge is 2.64. The first-order valence-corrected chi connectivity index (χ1v) is 10.2. The van der Waals surface area contributed by atoms with E-state index < -0.39 is 23.2 Å². The number of hydroxylamine groups is 1. The molecule has 1 aliphatic carbocycles. The van der Waals surface area contributed by atoms with Crippen molar-refractivity contribution < 1.29 is 24.3 Å². The van der Waals surface area contributed by atoms with Gasteiger partial charge in [-0.25, -0.2) is 10.5 Å². The summed E-state index contributed by atoms with van der Waals surface area (Å²) in [5.74, 6) is -0.877. The highest BCUT2D eigenvalue weighted by Crippen LogP contribution is 2.55. The van der Waals surface area contributed by atoms with Gasteiger partial charge in [0.1, 0.15) is 12.4 Å². The van der Waals surface area contributed by atoms with Crippen molar-refractivity contribution >= 4 is 22.8 Å². The molecular weight excluding hydrogens is 396 g/mol. The van der Waals surface area contributed by atoms with Crippen molar-refractivity contribution in [2.75, 3.05) is 6.61 Å². The van der Waals surface area contributed by atoms with Crippen LogP contribution in [-0.2, 0) is 27.4 Å². The number of fused-ring (bicyclic) bond motifs is 1. The minimum absolute atomic E-state index is 0.240. The van der Waals surface area contributed by atoms with E-state index in [2.05, 4.69) is 4.98 Å². The Bertz CT molecular complexity index is 1100. The zero-order valence-electron chi connectivity index (χ0n) is 17.2. The molecule has 1 saturated carbocycles. The van der Waals surface area contributed by atoms with Crippen LogP contribution in [0.25, 0.3) is 10.9 Å². The van der Waals surface area contributed by atoms with E-state index in [4.69, 9.17) is 14.7 Å². The lowest BCUT2D eigenvalue weighted by Gasteiger charge is -2.16. The summed E-state index contributed by atoms with van der Waals surface area (Å²) in [6, 6.07) is 19.3. The van der Waals surface area contributed by atoms with Gasteiger partial charge in [0, 0.05) is 5.39 Å². The molecule has 2 N–H and O–H groups in total. The van der Waals surface area contributed by atoms with Crippen LogP contribution in [0.2, 0.25) is 0 Å². The first-order valence-electron chi connectivity index (χ1n) is 10.2. The number of carbonyl (C=O) groups excluding carboxylic acids is 2. The molecule has 7 nitrogen and oxygen atoms in total. The van der Waals surface area contributed by atoms with Crippen molar-refractivity contribution in [3.8, 4) is 5.75 Å². The third-order valence-corrected chi connectivity index (χ3v) is 5.67. The maximum atomic E-state index is 12.5. The molecule has 0 radical (unpaired) electrons. The van der Waals surface area contributed by atoms with Gasteiger partial charge in [-0.15, -0.1) is 0 Å². The molecule has 1 amide bonds. The Balaban J connectivity index is 1.41. The molecule has 0 bridgehead atoms. The topological polar surface area (TPSA) is 97.8 Å². The number of hydrogen-bond donors (Lipinski definition) is 2. The van der Waals surface area contributed by atoms with Crippen LogP contribution >= 0.6 is 0 Å². The molecule has 4 rings (SSSR count). The predicted octanol–water partition coefficient (Wildman–Crippen LogP) is 3.43. The summed E-state index contributed by atoms with van der Waals surface area (Å²) in [5.41, 5.74) is 3.36. The summed E-state index contributed by atoms with van der Waals surface area (Å²) in [5, 5.41) is 10.0. The molecule has 31 heavy (non-hydrogen) atoms. The van der Waals surface area contributed by atoms with Crippen LogP contribution in [0.1, 0.15) is 24.6 Å². The van der Waals surface area contributed by atoms with Crippen LogP contribution < -0.4 is 10.2 Å². The standard InChI is InChI=1S/C24H24N2O5/c1-2-30-23(28)24(14-20(24)22(27)26-29)13-16-7-11-19(12-8-16)31-15-18-10-9-17-5-3-4-6-21(17)25-18/h3-12,20,29H,2,13-15H2,1H3,(H,26,27). The second-order valence-corrected chi connectivity index (χ2v) is 7.71. The van der Waals surface area contributed by atoms with Gasteiger partial charge in [-0.05, 0) is 49.6 Å². The Morgan fingerprint density at radius 1 is 1.13 bits per heavy atom. The number of para-hydroxylation sites is 1. The molecule has 7 heteroatoms. The van der Waals surface area contributed by atoms with Crippen LogP contribution in [0, 0.1) is 11.3 Å². The molecule has 1 fully saturated rings. The monoisotopic (exact) mass is 420 g/mol. The van der Waals surface area contributed by atoms with Crippen molar-refractivity contribution in [2.45, 2.75) is 26.4 Å². The number of rotatable bonds is 8. The van der Waals surface area contributed by atoms with Gasteiger partial charge in [0.05, 0.1) is 29.2 Å². The molecule has 0 spiro atoms. The number of nitrogens with zero attached hydrogens (tertiary/aromatic N) is 1. The molecule has 1 aliphatic rings. The predicted molar refractivity (Wildman–Crippen MR) is 113 cm³/mol. The molecule has 2 aromatic carbocycles. The van der Waals surface area contributed by atoms with Gasteiger partial charge in [0.15, 0.2) is 0 Å². The third-order valence-electron chi connectivity index (χ3n) is 5.67. The first kappa shape index (κ1) is 20.8. The Morgan fingerprint density at radius 3 is 2.65 bits per heavy atom. The Morgan fingerprint density at radius 2 is 1.90 bits per heavy atom. The summed E-state index contributed by atoms with van der Waals surface area (Å²) in [4.78, 5) is 28.9. The molecule has 160 valence electrons. The lowest BCUT2D eigenvalue weighted by Crippen LogP contribution is -2.30. The van der Waals surface area contributed by atoms with E-state index in [1.807, 2.05) is 60.7 Å². The smallest absolute Gasteiger partial charge is 0.313 e. The maximum Gasteiger partial charge on any atom is 0.313 e. The van der Waals surface area contributed by atoms with Crippen molar-refractivity contribution in [2.24, 2.45) is 11.3 Å². The number of pyridine rings is 1. The summed E-state index contributed by atoms with van der Waals surface area (Å²) < 4.78 is 11.0. The van der Waals surface area contributed by atoms with E-state index in [-0.39, 0.29) is 6.61 Å². The minimum atomic E-state index is -0.930. The number of benzene rings is 2. The third kappa shape index (κ3) is 4.36. The lowest BCUT2D eigenvalue weighted by atomic mass is 9.93. The molecule has 0 aliphatic heterocycles. The van der Waals surface area contributed by atoms with Crippen LogP contribution in [0.4, 0.5) is 0 Å². The SMILES string of the molecule is CCOC(=O)C1(Cc2ccc(OCc3ccc4ccccc4n3)cc2)CC1C(=O)NO. The number of carbonyl (C=O) groups is 2. The average molecular weight is 420 g/mol. The van der Waals surface area contributed by atoms with E-state index in [0.717, 1.165) is 22.2 Å². The van der Waals surface area contributed by atoms with Gasteiger partial charge in [0.2, 0.25) is 5.91 Å². The fourth-order valence-corrected chi connectivity index (χ4v) is 3.91. The lowest BCUT2D eigenvalue weighted by molar-refractivity contribution is -0.152. The van der Waals surface area contributed by atoms with Crippen LogP contribution in [0.3, 0.4) is 0 Å². The quantitative estimate of drug-likeness (QED) is 0.329. The Kier molecular flexibility index (Phi) is 5.86. The van der Waals surface area contributed by atoms with E-state index in [1.165, 1.54) is 0 Å². The summed E-state index contributed by atoms with van der Waals surface area (Å²) in [6.07, 6.45) is 0.709. The first-order chi connectivity index (χ1) is 15.1. The number of nitrogens with one attached hydrogen (secondary N) is 1. The molecule has 2 unspecified atom stereocenters. The zero-order chi connectivity index (χ0) is 21.8. The molecule has 3 aromatic rings. The van der Waals surface area contributed by atoms with E-state index in [0.29, 0.717) is 25.2 Å². The van der Waals surface area contributed by atoms with Gasteiger partial charge >= 0.3 is 5.97 Å². The number of esters is 1. The molecule has 2 atom stereocenters. The second kappa shape index (κ2) is 8.73. The fraction of sp³-hybridized carbons (Fsp3) is 0.292. The minimum Gasteiger partial charge on any atom is -0.487 e. The van der Waals surface area contributed by atoms with Crippen molar-refractivity contribution in [3.05, 3.63) is 71.9 Å². The Hall–Kier alpha value is -3.45. The van der Waals surface area contributed by atoms with E-state index in [9.17, 15) is 9.59 Å². The van der Waals surface area contributed by atoms with E-state index >= 15 is 0 Å². The van der Waals surface area contributed by atoms with Gasteiger partial charge < -0.3 is 9.47 Å². The number of amides is 1. The van der Waals surface area contributed by atoms with E-state index in [1.54, 1.807) is 12.4 Å². The summed E-state index contributed by atoms with van der Waals surface area (Å²) >= 11 is 0. The van der Waals surface area contributed by atoms with Crippen LogP contribution in [0.5, 0.6) is 5.75 Å². The molecular formula is C24H24N2O5. The maximum absolute atomic E-state index is 12.5. The fourth-order valence-electron chi connectivity index (χ4n) is 3.91. The highest BCUT2D eigenvalue weighted by atomic mass is 16.5.